The van der Waals surface area contributed by atoms with E-state index < -0.39 is 0 Å². The number of aliphatic hydroxyl groups excluding tert-OH is 1. The van der Waals surface area contributed by atoms with Gasteiger partial charge in [0.15, 0.2) is 11.6 Å². The number of benzene rings is 1. The van der Waals surface area contributed by atoms with Gasteiger partial charge in [-0.3, -0.25) is 15.5 Å². The van der Waals surface area contributed by atoms with Crippen LogP contribution < -0.4 is 15.2 Å². The van der Waals surface area contributed by atoms with E-state index in [1.807, 2.05) is 31.2 Å². The summed E-state index contributed by atoms with van der Waals surface area (Å²) in [6, 6.07) is 7.92. The van der Waals surface area contributed by atoms with Crippen LogP contribution in [0.25, 0.3) is 11.4 Å². The highest BCUT2D eigenvalue weighted by Crippen LogP contribution is 2.22. The van der Waals surface area contributed by atoms with Gasteiger partial charge >= 0.3 is 0 Å². The maximum Gasteiger partial charge on any atom is 0.159 e. The molecule has 3 N–H and O–H groups in total. The van der Waals surface area contributed by atoms with Crippen molar-refractivity contribution in [1.29, 1.82) is 0 Å². The minimum Gasteiger partial charge on any atom is -0.506 e. The van der Waals surface area contributed by atoms with Gasteiger partial charge in [-0.15, -0.1) is 0 Å². The van der Waals surface area contributed by atoms with Crippen molar-refractivity contribution in [3.05, 3.63) is 78.3 Å². The maximum absolute atomic E-state index is 10.3. The number of ether oxygens (including phenoxy) is 1. The molecule has 0 aliphatic carbocycles. The molecule has 0 radical (unpaired) electrons. The topological polar surface area (TPSA) is 99.2 Å². The Hall–Kier alpha value is -3.81. The molecule has 0 saturated heterocycles. The zero-order valence-corrected chi connectivity index (χ0v) is 15.3. The van der Waals surface area contributed by atoms with Gasteiger partial charge in [-0.25, -0.2) is 9.97 Å². The summed E-state index contributed by atoms with van der Waals surface area (Å²) in [5, 5.41) is 18.8. The molecule has 142 valence electrons. The van der Waals surface area contributed by atoms with Crippen LogP contribution in [-0.2, 0) is 6.42 Å². The maximum atomic E-state index is 10.3. The van der Waals surface area contributed by atoms with Crippen molar-refractivity contribution in [1.82, 2.24) is 25.6 Å². The second-order valence-electron chi connectivity index (χ2n) is 6.17. The molecule has 0 saturated carbocycles. The zero-order chi connectivity index (χ0) is 19.3. The molecule has 0 bridgehead atoms. The molecule has 8 heteroatoms. The Bertz CT molecular complexity index is 996. The minimum atomic E-state index is 0.197. The Kier molecular flexibility index (Phi) is 4.92. The molecule has 0 unspecified atom stereocenters. The molecular formula is C20H20N6O2. The Morgan fingerprint density at radius 1 is 1.18 bits per heavy atom. The number of nitrogens with zero attached hydrogens (tertiary/aromatic N) is 4. The first-order chi connectivity index (χ1) is 13.7. The molecular weight excluding hydrogens is 356 g/mol. The van der Waals surface area contributed by atoms with E-state index in [1.54, 1.807) is 42.1 Å². The van der Waals surface area contributed by atoms with E-state index in [0.717, 1.165) is 16.8 Å². The van der Waals surface area contributed by atoms with Crippen LogP contribution in [0.5, 0.6) is 5.75 Å². The zero-order valence-electron chi connectivity index (χ0n) is 15.3. The van der Waals surface area contributed by atoms with Crippen LogP contribution in [0.3, 0.4) is 0 Å². The number of hydrogen-bond acceptors (Lipinski definition) is 7. The normalized spacial score (nSPS) is 13.5. The molecule has 1 aliphatic heterocycles. The predicted molar refractivity (Wildman–Crippen MR) is 105 cm³/mol. The van der Waals surface area contributed by atoms with Crippen molar-refractivity contribution in [2.75, 3.05) is 11.6 Å². The van der Waals surface area contributed by atoms with Crippen LogP contribution in [0.1, 0.15) is 12.5 Å². The number of H-pyrrole nitrogens is 1. The molecule has 3 aromatic rings. The van der Waals surface area contributed by atoms with Crippen molar-refractivity contribution in [2.24, 2.45) is 0 Å². The van der Waals surface area contributed by atoms with Crippen LogP contribution in [0.15, 0.2) is 72.8 Å². The molecule has 0 atom stereocenters. The Balaban J connectivity index is 1.52. The van der Waals surface area contributed by atoms with Crippen molar-refractivity contribution >= 4 is 5.69 Å². The molecule has 2 aromatic heterocycles. The molecule has 1 aliphatic rings. The van der Waals surface area contributed by atoms with Crippen molar-refractivity contribution in [2.45, 2.75) is 13.3 Å². The lowest BCUT2D eigenvalue weighted by Crippen LogP contribution is -2.36. The quantitative estimate of drug-likeness (QED) is 0.608. The Morgan fingerprint density at radius 3 is 2.79 bits per heavy atom. The van der Waals surface area contributed by atoms with Crippen LogP contribution in [0.2, 0.25) is 0 Å². The van der Waals surface area contributed by atoms with Gasteiger partial charge in [0.2, 0.25) is 0 Å². The van der Waals surface area contributed by atoms with Gasteiger partial charge in [0, 0.05) is 30.5 Å². The molecule has 0 fully saturated rings. The predicted octanol–water partition coefficient (Wildman–Crippen LogP) is 3.12. The summed E-state index contributed by atoms with van der Waals surface area (Å²) in [4.78, 5) is 8.75. The Labute approximate surface area is 162 Å². The fraction of sp³-hybridized carbons (Fsp3) is 0.150. The van der Waals surface area contributed by atoms with Gasteiger partial charge in [-0.1, -0.05) is 18.2 Å². The van der Waals surface area contributed by atoms with E-state index in [4.69, 9.17) is 4.74 Å². The molecule has 28 heavy (non-hydrogen) atoms. The van der Waals surface area contributed by atoms with E-state index in [9.17, 15) is 5.11 Å². The van der Waals surface area contributed by atoms with Crippen LogP contribution in [0.4, 0.5) is 5.69 Å². The number of rotatable bonds is 6. The SMILES string of the molecule is CCOc1cnc(-c2cccc(CC3=C(O)C=CN(c4cn[nH]c4)N3)c2)nc1. The summed E-state index contributed by atoms with van der Waals surface area (Å²) in [6.07, 6.45) is 10.7. The first-order valence-electron chi connectivity index (χ1n) is 8.92. The fourth-order valence-electron chi connectivity index (χ4n) is 2.87. The summed E-state index contributed by atoms with van der Waals surface area (Å²) in [5.74, 6) is 1.47. The van der Waals surface area contributed by atoms with Gasteiger partial charge in [0.05, 0.1) is 36.6 Å². The van der Waals surface area contributed by atoms with Crippen molar-refractivity contribution in [3.8, 4) is 17.1 Å². The summed E-state index contributed by atoms with van der Waals surface area (Å²) < 4.78 is 5.39. The van der Waals surface area contributed by atoms with Crippen LogP contribution in [-0.4, -0.2) is 31.9 Å². The van der Waals surface area contributed by atoms with Gasteiger partial charge < -0.3 is 9.84 Å². The lowest BCUT2D eigenvalue weighted by molar-refractivity contribution is 0.337. The number of hydrazine groups is 1. The van der Waals surface area contributed by atoms with Crippen molar-refractivity contribution in [3.63, 3.8) is 0 Å². The number of aliphatic hydroxyl groups is 1. The first-order valence-corrected chi connectivity index (χ1v) is 8.92. The largest absolute Gasteiger partial charge is 0.506 e. The standard InChI is InChI=1S/C20H20N6O2/c1-2-28-17-12-21-20(22-13-17)15-5-3-4-14(8-15)9-18-19(27)6-7-26(25-18)16-10-23-24-11-16/h3-8,10-13,25,27H,2,9H2,1H3,(H,23,24). The van der Waals surface area contributed by atoms with Crippen molar-refractivity contribution < 1.29 is 9.84 Å². The second-order valence-corrected chi connectivity index (χ2v) is 6.17. The first kappa shape index (κ1) is 17.6. The van der Waals surface area contributed by atoms with E-state index >= 15 is 0 Å². The molecule has 8 nitrogen and oxygen atoms in total. The Morgan fingerprint density at radius 2 is 2.04 bits per heavy atom. The lowest BCUT2D eigenvalue weighted by atomic mass is 10.0. The summed E-state index contributed by atoms with van der Waals surface area (Å²) in [7, 11) is 0. The highest BCUT2D eigenvalue weighted by Gasteiger charge is 2.15. The van der Waals surface area contributed by atoms with Gasteiger partial charge in [0.25, 0.3) is 0 Å². The number of hydrogen-bond donors (Lipinski definition) is 3. The number of aromatic amines is 1. The number of nitrogens with one attached hydrogen (secondary N) is 2. The summed E-state index contributed by atoms with van der Waals surface area (Å²) >= 11 is 0. The smallest absolute Gasteiger partial charge is 0.159 e. The van der Waals surface area contributed by atoms with E-state index in [2.05, 4.69) is 25.6 Å². The monoisotopic (exact) mass is 376 g/mol. The third kappa shape index (κ3) is 3.80. The fourth-order valence-corrected chi connectivity index (χ4v) is 2.87. The number of anilines is 1. The van der Waals surface area contributed by atoms with E-state index in [-0.39, 0.29) is 5.76 Å². The van der Waals surface area contributed by atoms with Crippen LogP contribution >= 0.6 is 0 Å². The molecule has 0 spiro atoms. The molecule has 3 heterocycles. The highest BCUT2D eigenvalue weighted by atomic mass is 16.5. The third-order valence-corrected chi connectivity index (χ3v) is 4.21. The number of aromatic nitrogens is 4. The van der Waals surface area contributed by atoms with E-state index in [0.29, 0.717) is 30.3 Å². The minimum absolute atomic E-state index is 0.197. The van der Waals surface area contributed by atoms with Crippen LogP contribution in [0, 0.1) is 0 Å². The van der Waals surface area contributed by atoms with Gasteiger partial charge in [-0.05, 0) is 18.6 Å². The lowest BCUT2D eigenvalue weighted by Gasteiger charge is -2.26. The summed E-state index contributed by atoms with van der Waals surface area (Å²) in [6.45, 7) is 2.50. The van der Waals surface area contributed by atoms with E-state index in [1.165, 1.54) is 0 Å². The number of allylic oxidation sites excluding steroid dienone is 2. The second kappa shape index (κ2) is 7.83. The molecule has 4 rings (SSSR count). The average molecular weight is 376 g/mol. The van der Waals surface area contributed by atoms with Gasteiger partial charge in [-0.2, -0.15) is 5.10 Å². The van der Waals surface area contributed by atoms with Gasteiger partial charge in [0.1, 0.15) is 5.76 Å². The third-order valence-electron chi connectivity index (χ3n) is 4.21. The highest BCUT2D eigenvalue weighted by molar-refractivity contribution is 5.56. The molecule has 1 aromatic carbocycles. The molecule has 0 amide bonds. The average Bonchev–Trinajstić information content (AvgIpc) is 3.26. The summed E-state index contributed by atoms with van der Waals surface area (Å²) in [5.41, 5.74) is 6.66.